The van der Waals surface area contributed by atoms with E-state index in [4.69, 9.17) is 5.11 Å². The molecule has 1 aromatic carbocycles. The molecule has 21 heavy (non-hydrogen) atoms. The lowest BCUT2D eigenvalue weighted by atomic mass is 10.3. The maximum atomic E-state index is 11.8. The fourth-order valence-electron chi connectivity index (χ4n) is 2.14. The minimum absolute atomic E-state index is 0.0323. The van der Waals surface area contributed by atoms with Gasteiger partial charge in [0, 0.05) is 7.11 Å². The largest absolute Gasteiger partial charge is 0.400 e. The van der Waals surface area contributed by atoms with Crippen molar-refractivity contribution in [2.75, 3.05) is 35.3 Å². The molecular weight excluding hydrogens is 270 g/mol. The first-order valence-corrected chi connectivity index (χ1v) is 6.92. The number of aromatic amines is 1. The fraction of sp³-hybridized carbons (Fsp3) is 0.571. The average molecular weight is 298 g/mol. The third kappa shape index (κ3) is 4.38. The first kappa shape index (κ1) is 19.3. The highest BCUT2D eigenvalue weighted by atomic mass is 16.3. The van der Waals surface area contributed by atoms with Gasteiger partial charge in [-0.3, -0.25) is 9.80 Å². The van der Waals surface area contributed by atoms with Crippen LogP contribution in [0.4, 0.5) is 0 Å². The molecule has 0 fully saturated rings. The Bertz CT molecular complexity index is 566. The van der Waals surface area contributed by atoms with E-state index in [2.05, 4.69) is 5.21 Å². The van der Waals surface area contributed by atoms with Gasteiger partial charge in [-0.1, -0.05) is 31.2 Å². The van der Waals surface area contributed by atoms with Crippen LogP contribution in [0.2, 0.25) is 0 Å². The molecule has 2 rings (SSSR count). The highest BCUT2D eigenvalue weighted by Crippen LogP contribution is 2.16. The molecule has 0 aliphatic rings. The van der Waals surface area contributed by atoms with Crippen LogP contribution >= 0.6 is 0 Å². The molecule has 120 valence electrons. The zero-order valence-electron chi connectivity index (χ0n) is 14.0. The Hall–Kier alpha value is -1.70. The summed E-state index contributed by atoms with van der Waals surface area (Å²) in [7, 11) is 8.90. The molecule has 0 aliphatic heterocycles. The summed E-state index contributed by atoms with van der Waals surface area (Å²) in [6.07, 6.45) is -0.0323. The predicted octanol–water partition coefficient (Wildman–Crippen LogP) is 1.10. The van der Waals surface area contributed by atoms with Crippen molar-refractivity contribution in [2.24, 2.45) is 0 Å². The molecule has 0 spiro atoms. The van der Waals surface area contributed by atoms with E-state index >= 15 is 0 Å². The zero-order valence-corrected chi connectivity index (χ0v) is 14.0. The Morgan fingerprint density at radius 3 is 2.05 bits per heavy atom. The SMILES string of the molecule is CC.CN(C)C(N(C)C)n1[nH][n+](=O)c2ccccc21.CO. The minimum atomic E-state index is -0.0323. The number of para-hydroxylation sites is 2. The van der Waals surface area contributed by atoms with Gasteiger partial charge in [0.1, 0.15) is 0 Å². The van der Waals surface area contributed by atoms with Crippen LogP contribution in [0.25, 0.3) is 11.0 Å². The van der Waals surface area contributed by atoms with Crippen LogP contribution in [0.3, 0.4) is 0 Å². The van der Waals surface area contributed by atoms with Gasteiger partial charge in [-0.2, -0.15) is 0 Å². The first-order chi connectivity index (χ1) is 10.0. The second kappa shape index (κ2) is 9.28. The van der Waals surface area contributed by atoms with Gasteiger partial charge in [-0.15, -0.1) is 4.68 Å². The molecule has 0 bridgehead atoms. The van der Waals surface area contributed by atoms with Gasteiger partial charge in [0.2, 0.25) is 17.3 Å². The standard InChI is InChI=1S/C11H18N5O.C2H6.CH4O/c1-13(2)11(14(3)4)15-9-7-5-6-8-10(9)16(17)12-15;2*1-2/h5-8,11H,1-4H3,(H,12,17);1-2H3;2H,1H3/q+1;;. The molecule has 0 aliphatic carbocycles. The number of nitrogens with one attached hydrogen (secondary N) is 1. The fourth-order valence-corrected chi connectivity index (χ4v) is 2.14. The van der Waals surface area contributed by atoms with Crippen molar-refractivity contribution < 1.29 is 9.65 Å². The highest BCUT2D eigenvalue weighted by molar-refractivity contribution is 5.70. The summed E-state index contributed by atoms with van der Waals surface area (Å²) >= 11 is 0. The number of rotatable bonds is 3. The van der Waals surface area contributed by atoms with E-state index in [0.717, 1.165) is 17.2 Å². The predicted molar refractivity (Wildman–Crippen MR) is 85.6 cm³/mol. The van der Waals surface area contributed by atoms with E-state index < -0.39 is 0 Å². The topological polar surface area (TPSA) is 70.4 Å². The van der Waals surface area contributed by atoms with Gasteiger partial charge in [-0.25, -0.2) is 0 Å². The van der Waals surface area contributed by atoms with Crippen LogP contribution in [0.1, 0.15) is 20.1 Å². The normalized spacial score (nSPS) is 10.4. The van der Waals surface area contributed by atoms with Crippen molar-refractivity contribution >= 4 is 11.0 Å². The summed E-state index contributed by atoms with van der Waals surface area (Å²) in [5, 5.41) is 9.81. The second-order valence-electron chi connectivity index (χ2n) is 4.53. The van der Waals surface area contributed by atoms with E-state index in [9.17, 15) is 4.91 Å². The number of hydrogen-bond donors (Lipinski definition) is 2. The van der Waals surface area contributed by atoms with Gasteiger partial charge in [0.05, 0.1) is 4.54 Å². The molecule has 0 atom stereocenters. The van der Waals surface area contributed by atoms with Crippen LogP contribution in [-0.2, 0) is 0 Å². The number of aliphatic hydroxyl groups excluding tert-OH is 1. The van der Waals surface area contributed by atoms with Crippen molar-refractivity contribution in [3.8, 4) is 0 Å². The smallest absolute Gasteiger partial charge is 0.249 e. The Morgan fingerprint density at radius 1 is 1.10 bits per heavy atom. The number of hydrogen-bond acceptors (Lipinski definition) is 4. The molecular formula is C14H28N5O2+. The molecule has 2 aromatic rings. The number of benzene rings is 1. The van der Waals surface area contributed by atoms with Crippen LogP contribution in [0, 0.1) is 4.91 Å². The molecule has 1 heterocycles. The van der Waals surface area contributed by atoms with E-state index in [0.29, 0.717) is 5.52 Å². The number of fused-ring (bicyclic) bond motifs is 1. The number of aliphatic hydroxyl groups is 1. The molecule has 0 saturated carbocycles. The lowest BCUT2D eigenvalue weighted by Crippen LogP contribution is -2.38. The second-order valence-corrected chi connectivity index (χ2v) is 4.53. The maximum Gasteiger partial charge on any atom is 0.249 e. The van der Waals surface area contributed by atoms with Crippen LogP contribution < -0.4 is 4.54 Å². The number of nitrogens with zero attached hydrogens (tertiary/aromatic N) is 4. The molecule has 0 radical (unpaired) electrons. The molecule has 2 N–H and O–H groups in total. The first-order valence-electron chi connectivity index (χ1n) is 6.92. The van der Waals surface area contributed by atoms with Crippen LogP contribution in [-0.4, -0.2) is 60.1 Å². The van der Waals surface area contributed by atoms with Gasteiger partial charge < -0.3 is 5.11 Å². The molecule has 0 unspecified atom stereocenters. The quantitative estimate of drug-likeness (QED) is 0.657. The van der Waals surface area contributed by atoms with Crippen molar-refractivity contribution in [1.82, 2.24) is 19.7 Å². The van der Waals surface area contributed by atoms with Crippen molar-refractivity contribution in [2.45, 2.75) is 20.1 Å². The molecule has 0 saturated heterocycles. The summed E-state index contributed by atoms with van der Waals surface area (Å²) in [5.41, 5.74) is 1.52. The summed E-state index contributed by atoms with van der Waals surface area (Å²) in [6.45, 7) is 4.00. The molecule has 1 aromatic heterocycles. The van der Waals surface area contributed by atoms with Gasteiger partial charge in [0.25, 0.3) is 0 Å². The Morgan fingerprint density at radius 2 is 1.57 bits per heavy atom. The third-order valence-electron chi connectivity index (χ3n) is 2.71. The maximum absolute atomic E-state index is 11.8. The monoisotopic (exact) mass is 298 g/mol. The van der Waals surface area contributed by atoms with Crippen molar-refractivity contribution in [3.05, 3.63) is 29.2 Å². The van der Waals surface area contributed by atoms with Gasteiger partial charge in [-0.05, 0) is 45.2 Å². The number of aromatic nitrogens is 3. The Labute approximate surface area is 126 Å². The van der Waals surface area contributed by atoms with Crippen molar-refractivity contribution in [3.63, 3.8) is 0 Å². The minimum Gasteiger partial charge on any atom is -0.400 e. The summed E-state index contributed by atoms with van der Waals surface area (Å²) in [6, 6.07) is 7.52. The van der Waals surface area contributed by atoms with E-state index in [-0.39, 0.29) is 6.29 Å². The summed E-state index contributed by atoms with van der Waals surface area (Å²) in [4.78, 5) is 15.8. The van der Waals surface area contributed by atoms with E-state index in [1.54, 1.807) is 6.07 Å². The summed E-state index contributed by atoms with van der Waals surface area (Å²) < 4.78 is 2.64. The third-order valence-corrected chi connectivity index (χ3v) is 2.71. The highest BCUT2D eigenvalue weighted by Gasteiger charge is 2.26. The summed E-state index contributed by atoms with van der Waals surface area (Å²) in [5.74, 6) is 0. The molecule has 7 nitrogen and oxygen atoms in total. The zero-order chi connectivity index (χ0) is 16.6. The van der Waals surface area contributed by atoms with Gasteiger partial charge in [0.15, 0.2) is 0 Å². The molecule has 0 amide bonds. The Balaban J connectivity index is 0.000000921. The van der Waals surface area contributed by atoms with Gasteiger partial charge >= 0.3 is 0 Å². The van der Waals surface area contributed by atoms with E-state index in [1.807, 2.05) is 74.7 Å². The molecule has 7 heteroatoms. The van der Waals surface area contributed by atoms with E-state index in [1.165, 1.54) is 0 Å². The van der Waals surface area contributed by atoms with Crippen LogP contribution in [0.15, 0.2) is 24.3 Å². The number of H-pyrrole nitrogens is 1. The lowest BCUT2D eigenvalue weighted by molar-refractivity contribution is -0.542. The average Bonchev–Trinajstić information content (AvgIpc) is 2.80. The van der Waals surface area contributed by atoms with Crippen LogP contribution in [0.5, 0.6) is 0 Å². The lowest BCUT2D eigenvalue weighted by Gasteiger charge is -2.26. The Kier molecular flexibility index (Phi) is 8.52. The van der Waals surface area contributed by atoms with Crippen molar-refractivity contribution in [1.29, 1.82) is 0 Å².